The van der Waals surface area contributed by atoms with Gasteiger partial charge in [-0.05, 0) is 42.5 Å². The lowest BCUT2D eigenvalue weighted by atomic mass is 10.0. The van der Waals surface area contributed by atoms with Gasteiger partial charge >= 0.3 is 0 Å². The monoisotopic (exact) mass is 229 g/mol. The van der Waals surface area contributed by atoms with Crippen LogP contribution in [0.2, 0.25) is 0 Å². The summed E-state index contributed by atoms with van der Waals surface area (Å²) in [4.78, 5) is 0. The summed E-state index contributed by atoms with van der Waals surface area (Å²) in [6.07, 6.45) is 0. The van der Waals surface area contributed by atoms with Crippen LogP contribution in [-0.4, -0.2) is 4.57 Å². The Kier molecular flexibility index (Phi) is 3.28. The van der Waals surface area contributed by atoms with E-state index in [0.29, 0.717) is 11.8 Å². The smallest absolute Gasteiger partial charge is 0.0482 e. The fraction of sp³-hybridized carbons (Fsp3) is 0.500. The molecule has 0 unspecified atom stereocenters. The van der Waals surface area contributed by atoms with Gasteiger partial charge in [-0.1, -0.05) is 33.8 Å². The second kappa shape index (κ2) is 4.56. The van der Waals surface area contributed by atoms with Crippen molar-refractivity contribution in [1.82, 2.24) is 4.57 Å². The molecule has 1 nitrogen and oxygen atoms in total. The summed E-state index contributed by atoms with van der Waals surface area (Å²) in [7, 11) is 0. The van der Waals surface area contributed by atoms with Gasteiger partial charge in [0.15, 0.2) is 0 Å². The molecular weight excluding hydrogens is 206 g/mol. The molecule has 2 rings (SSSR count). The molecule has 0 aliphatic rings. The van der Waals surface area contributed by atoms with Gasteiger partial charge in [-0.2, -0.15) is 0 Å². The van der Waals surface area contributed by atoms with Gasteiger partial charge in [0, 0.05) is 23.1 Å². The maximum absolute atomic E-state index is 2.43. The minimum absolute atomic E-state index is 0.588. The largest absolute Gasteiger partial charge is 0.345 e. The van der Waals surface area contributed by atoms with Crippen molar-refractivity contribution in [3.8, 4) is 0 Å². The normalized spacial score (nSPS) is 11.9. The van der Waals surface area contributed by atoms with Gasteiger partial charge in [0.2, 0.25) is 0 Å². The quantitative estimate of drug-likeness (QED) is 0.705. The van der Waals surface area contributed by atoms with E-state index < -0.39 is 0 Å². The molecule has 1 heterocycles. The molecule has 1 heteroatoms. The molecule has 0 saturated heterocycles. The van der Waals surface area contributed by atoms with Crippen molar-refractivity contribution in [3.63, 3.8) is 0 Å². The highest BCUT2D eigenvalue weighted by molar-refractivity contribution is 5.82. The van der Waals surface area contributed by atoms with Crippen molar-refractivity contribution < 1.29 is 0 Å². The highest BCUT2D eigenvalue weighted by Gasteiger charge is 2.11. The van der Waals surface area contributed by atoms with Crippen LogP contribution >= 0.6 is 0 Å². The predicted octanol–water partition coefficient (Wildman–Crippen LogP) is 4.91. The zero-order chi connectivity index (χ0) is 12.6. The first kappa shape index (κ1) is 12.2. The van der Waals surface area contributed by atoms with Crippen molar-refractivity contribution in [1.29, 1.82) is 0 Å². The first-order valence-electron chi connectivity index (χ1n) is 6.67. The molecule has 1 aromatic heterocycles. The van der Waals surface area contributed by atoms with Crippen molar-refractivity contribution in [2.45, 2.75) is 53.0 Å². The number of nitrogens with zero attached hydrogens (tertiary/aromatic N) is 1. The van der Waals surface area contributed by atoms with Crippen LogP contribution in [0.5, 0.6) is 0 Å². The van der Waals surface area contributed by atoms with Gasteiger partial charge in [0.1, 0.15) is 0 Å². The molecule has 0 atom stereocenters. The number of rotatable bonds is 3. The maximum atomic E-state index is 2.43. The molecule has 0 bridgehead atoms. The number of aryl methyl sites for hydroxylation is 1. The molecule has 0 spiro atoms. The van der Waals surface area contributed by atoms with Crippen molar-refractivity contribution >= 4 is 10.9 Å². The zero-order valence-corrected chi connectivity index (χ0v) is 11.6. The summed E-state index contributed by atoms with van der Waals surface area (Å²) in [5, 5.41) is 1.39. The van der Waals surface area contributed by atoms with Crippen LogP contribution in [0.3, 0.4) is 0 Å². The fourth-order valence-electron chi connectivity index (χ4n) is 2.50. The van der Waals surface area contributed by atoms with Gasteiger partial charge in [0.25, 0.3) is 0 Å². The molecule has 17 heavy (non-hydrogen) atoms. The predicted molar refractivity (Wildman–Crippen MR) is 75.8 cm³/mol. The van der Waals surface area contributed by atoms with Crippen LogP contribution in [0.15, 0.2) is 24.3 Å². The number of hydrogen-bond donors (Lipinski definition) is 0. The Bertz CT molecular complexity index is 518. The molecule has 0 saturated carbocycles. The highest BCUT2D eigenvalue weighted by atomic mass is 15.0. The number of fused-ring (bicyclic) bond motifs is 1. The molecule has 0 N–H and O–H groups in total. The Morgan fingerprint density at radius 2 is 1.71 bits per heavy atom. The lowest BCUT2D eigenvalue weighted by Crippen LogP contribution is -2.01. The standard InChI is InChI=1S/C16H23N/c1-6-17-15-8-7-13(11(2)3)9-14(15)10-16(17)12(4)5/h7-12H,6H2,1-5H3. The molecule has 2 aromatic rings. The minimum atomic E-state index is 0.588. The Balaban J connectivity index is 2.64. The summed E-state index contributed by atoms with van der Waals surface area (Å²) < 4.78 is 2.43. The minimum Gasteiger partial charge on any atom is -0.345 e. The number of aromatic nitrogens is 1. The Hall–Kier alpha value is -1.24. The Morgan fingerprint density at radius 3 is 2.24 bits per heavy atom. The lowest BCUT2D eigenvalue weighted by Gasteiger charge is -2.11. The molecule has 0 aliphatic heterocycles. The van der Waals surface area contributed by atoms with Crippen LogP contribution in [-0.2, 0) is 6.54 Å². The molecule has 1 aromatic carbocycles. The number of benzene rings is 1. The highest BCUT2D eigenvalue weighted by Crippen LogP contribution is 2.28. The van der Waals surface area contributed by atoms with E-state index >= 15 is 0 Å². The Labute approximate surface area is 104 Å². The fourth-order valence-corrected chi connectivity index (χ4v) is 2.50. The van der Waals surface area contributed by atoms with Crippen molar-refractivity contribution in [2.24, 2.45) is 0 Å². The van der Waals surface area contributed by atoms with Crippen LogP contribution in [0.4, 0.5) is 0 Å². The average molecular weight is 229 g/mol. The van der Waals surface area contributed by atoms with E-state index in [0.717, 1.165) is 6.54 Å². The van der Waals surface area contributed by atoms with Crippen LogP contribution in [0, 0.1) is 0 Å². The SMILES string of the molecule is CCn1c(C(C)C)cc2cc(C(C)C)ccc21. The first-order valence-corrected chi connectivity index (χ1v) is 6.67. The first-order chi connectivity index (χ1) is 8.04. The van der Waals surface area contributed by atoms with Gasteiger partial charge in [-0.25, -0.2) is 0 Å². The van der Waals surface area contributed by atoms with Crippen molar-refractivity contribution in [3.05, 3.63) is 35.5 Å². The Morgan fingerprint density at radius 1 is 1.00 bits per heavy atom. The second-order valence-corrected chi connectivity index (χ2v) is 5.44. The third kappa shape index (κ3) is 2.11. The van der Waals surface area contributed by atoms with Crippen LogP contribution in [0.1, 0.15) is 57.7 Å². The summed E-state index contributed by atoms with van der Waals surface area (Å²) in [5.74, 6) is 1.19. The van der Waals surface area contributed by atoms with Crippen LogP contribution < -0.4 is 0 Å². The summed E-state index contributed by atoms with van der Waals surface area (Å²) in [5.41, 5.74) is 4.25. The molecule has 0 amide bonds. The van der Waals surface area contributed by atoms with E-state index in [-0.39, 0.29) is 0 Å². The van der Waals surface area contributed by atoms with Gasteiger partial charge in [-0.3, -0.25) is 0 Å². The molecular formula is C16H23N. The van der Waals surface area contributed by atoms with Gasteiger partial charge in [0.05, 0.1) is 0 Å². The second-order valence-electron chi connectivity index (χ2n) is 5.44. The van der Waals surface area contributed by atoms with E-state index in [1.807, 2.05) is 0 Å². The van der Waals surface area contributed by atoms with E-state index in [1.54, 1.807) is 0 Å². The number of hydrogen-bond acceptors (Lipinski definition) is 0. The van der Waals surface area contributed by atoms with Gasteiger partial charge < -0.3 is 4.57 Å². The third-order valence-corrected chi connectivity index (χ3v) is 3.53. The molecule has 0 aliphatic carbocycles. The van der Waals surface area contributed by atoms with Crippen LogP contribution in [0.25, 0.3) is 10.9 Å². The van der Waals surface area contributed by atoms with E-state index in [2.05, 4.69) is 63.5 Å². The zero-order valence-electron chi connectivity index (χ0n) is 11.6. The van der Waals surface area contributed by atoms with E-state index in [9.17, 15) is 0 Å². The summed E-state index contributed by atoms with van der Waals surface area (Å²) in [6, 6.07) is 9.25. The van der Waals surface area contributed by atoms with Gasteiger partial charge in [-0.15, -0.1) is 0 Å². The third-order valence-electron chi connectivity index (χ3n) is 3.53. The molecule has 0 fully saturated rings. The van der Waals surface area contributed by atoms with E-state index in [4.69, 9.17) is 0 Å². The topological polar surface area (TPSA) is 4.93 Å². The average Bonchev–Trinajstić information content (AvgIpc) is 2.66. The lowest BCUT2D eigenvalue weighted by molar-refractivity contribution is 0.691. The summed E-state index contributed by atoms with van der Waals surface area (Å²) >= 11 is 0. The van der Waals surface area contributed by atoms with E-state index in [1.165, 1.54) is 22.2 Å². The van der Waals surface area contributed by atoms with Crippen molar-refractivity contribution in [2.75, 3.05) is 0 Å². The molecule has 92 valence electrons. The molecule has 0 radical (unpaired) electrons. The maximum Gasteiger partial charge on any atom is 0.0482 e. The summed E-state index contributed by atoms with van der Waals surface area (Å²) in [6.45, 7) is 12.3.